The zero-order chi connectivity index (χ0) is 13.6. The molecule has 0 saturated heterocycles. The fourth-order valence-corrected chi connectivity index (χ4v) is 0.847. The maximum absolute atomic E-state index is 12.6. The quantitative estimate of drug-likeness (QED) is 0.639. The van der Waals surface area contributed by atoms with E-state index in [1.807, 2.05) is 0 Å². The van der Waals surface area contributed by atoms with E-state index in [4.69, 9.17) is 6.85 Å². The topological polar surface area (TPSA) is 12.9 Å². The minimum absolute atomic E-state index is 0.401. The molecule has 1 heterocycles. The van der Waals surface area contributed by atoms with Crippen LogP contribution in [0.3, 0.4) is 0 Å². The van der Waals surface area contributed by atoms with Crippen LogP contribution in [-0.2, 0) is 6.18 Å². The summed E-state index contributed by atoms with van der Waals surface area (Å²) in [5, 5.41) is 0. The predicted octanol–water partition coefficient (Wildman–Crippen LogP) is 3.17. The SMILES string of the molecule is [2H]c1nc(Br)c([2H])c(C([2H])([2H])[2H])c1C(F)(F)F. The molecule has 0 N–H and O–H groups in total. The number of pyridine rings is 1. The smallest absolute Gasteiger partial charge is 0.249 e. The first-order chi connectivity index (χ1) is 7.46. The van der Waals surface area contributed by atoms with E-state index in [-0.39, 0.29) is 0 Å². The van der Waals surface area contributed by atoms with E-state index >= 15 is 0 Å². The maximum atomic E-state index is 12.6. The summed E-state index contributed by atoms with van der Waals surface area (Å²) >= 11 is 2.65. The Morgan fingerprint density at radius 3 is 2.83 bits per heavy atom. The normalized spacial score (nSPS) is 18.8. The van der Waals surface area contributed by atoms with Crippen molar-refractivity contribution in [2.24, 2.45) is 0 Å². The Hall–Kier alpha value is -0.580. The Balaban J connectivity index is 3.76. The molecule has 1 aromatic heterocycles. The minimum atomic E-state index is -5.04. The molecule has 0 fully saturated rings. The standard InChI is InChI=1S/C7H5BrF3N/c1-4-2-6(8)12-3-5(4)7(9,10)11/h2-3H,1H3/i1D3,2D,3D. The van der Waals surface area contributed by atoms with Gasteiger partial charge in [-0.05, 0) is 34.4 Å². The van der Waals surface area contributed by atoms with Gasteiger partial charge in [-0.3, -0.25) is 0 Å². The first-order valence-electron chi connectivity index (χ1n) is 5.20. The lowest BCUT2D eigenvalue weighted by Crippen LogP contribution is -2.07. The van der Waals surface area contributed by atoms with Crippen molar-refractivity contribution < 1.29 is 20.0 Å². The molecule has 0 aliphatic carbocycles. The third kappa shape index (κ3) is 1.97. The van der Waals surface area contributed by atoms with Crippen LogP contribution in [0.25, 0.3) is 0 Å². The summed E-state index contributed by atoms with van der Waals surface area (Å²) in [6.07, 6.45) is -6.25. The lowest BCUT2D eigenvalue weighted by molar-refractivity contribution is -0.138. The van der Waals surface area contributed by atoms with Gasteiger partial charge >= 0.3 is 6.18 Å². The largest absolute Gasteiger partial charge is 0.418 e. The average Bonchev–Trinajstić information content (AvgIpc) is 2.06. The van der Waals surface area contributed by atoms with Crippen molar-refractivity contribution in [2.75, 3.05) is 0 Å². The molecule has 0 aliphatic rings. The van der Waals surface area contributed by atoms with Crippen LogP contribution in [0.4, 0.5) is 13.2 Å². The molecular formula is C7H5BrF3N. The van der Waals surface area contributed by atoms with Crippen LogP contribution in [0.5, 0.6) is 0 Å². The number of rotatable bonds is 0. The second kappa shape index (κ2) is 3.05. The summed E-state index contributed by atoms with van der Waals surface area (Å²) in [5.74, 6) is 0. The van der Waals surface area contributed by atoms with E-state index in [1.165, 1.54) is 0 Å². The number of alkyl halides is 3. The molecule has 0 spiro atoms. The molecule has 0 aromatic carbocycles. The van der Waals surface area contributed by atoms with Crippen molar-refractivity contribution in [1.29, 1.82) is 0 Å². The minimum Gasteiger partial charge on any atom is -0.249 e. The molecule has 0 amide bonds. The molecule has 0 bridgehead atoms. The van der Waals surface area contributed by atoms with Crippen molar-refractivity contribution >= 4 is 15.9 Å². The Morgan fingerprint density at radius 1 is 1.67 bits per heavy atom. The van der Waals surface area contributed by atoms with Gasteiger partial charge in [0.2, 0.25) is 0 Å². The number of nitrogens with zero attached hydrogens (tertiary/aromatic N) is 1. The van der Waals surface area contributed by atoms with Crippen molar-refractivity contribution in [1.82, 2.24) is 4.98 Å². The van der Waals surface area contributed by atoms with E-state index in [9.17, 15) is 13.2 Å². The monoisotopic (exact) mass is 244 g/mol. The highest BCUT2D eigenvalue weighted by Gasteiger charge is 2.32. The summed E-state index contributed by atoms with van der Waals surface area (Å²) in [6.45, 7) is -3.14. The number of halogens is 4. The molecule has 0 saturated carbocycles. The first-order valence-corrected chi connectivity index (χ1v) is 3.50. The van der Waals surface area contributed by atoms with Crippen LogP contribution >= 0.6 is 15.9 Å². The third-order valence-electron chi connectivity index (χ3n) is 1.03. The van der Waals surface area contributed by atoms with Gasteiger partial charge in [-0.2, -0.15) is 13.2 Å². The number of hydrogen-bond acceptors (Lipinski definition) is 1. The van der Waals surface area contributed by atoms with Crippen LogP contribution in [-0.4, -0.2) is 4.98 Å². The molecule has 0 aliphatic heterocycles. The molecule has 12 heavy (non-hydrogen) atoms. The van der Waals surface area contributed by atoms with Crippen LogP contribution in [0, 0.1) is 6.85 Å². The molecule has 1 nitrogen and oxygen atoms in total. The van der Waals surface area contributed by atoms with E-state index in [0.717, 1.165) is 0 Å². The second-order valence-corrected chi connectivity index (χ2v) is 2.64. The van der Waals surface area contributed by atoms with Crippen LogP contribution < -0.4 is 0 Å². The van der Waals surface area contributed by atoms with Gasteiger partial charge in [0.15, 0.2) is 0 Å². The summed E-state index contributed by atoms with van der Waals surface area (Å²) in [4.78, 5) is 3.14. The summed E-state index contributed by atoms with van der Waals surface area (Å²) in [7, 11) is 0. The molecule has 0 unspecified atom stereocenters. The fourth-order valence-electron chi connectivity index (χ4n) is 0.560. The van der Waals surface area contributed by atoms with Gasteiger partial charge in [-0.25, -0.2) is 4.98 Å². The number of aromatic nitrogens is 1. The summed E-state index contributed by atoms with van der Waals surface area (Å²) < 4.78 is 73.0. The van der Waals surface area contributed by atoms with E-state index in [1.54, 1.807) is 0 Å². The van der Waals surface area contributed by atoms with Gasteiger partial charge in [0, 0.05) is 10.3 Å². The highest BCUT2D eigenvalue weighted by Crippen LogP contribution is 2.31. The fraction of sp³-hybridized carbons (Fsp3) is 0.286. The van der Waals surface area contributed by atoms with Gasteiger partial charge in [0.1, 0.15) is 4.60 Å². The molecule has 0 radical (unpaired) electrons. The van der Waals surface area contributed by atoms with Crippen molar-refractivity contribution in [2.45, 2.75) is 13.0 Å². The van der Waals surface area contributed by atoms with Crippen LogP contribution in [0.1, 0.15) is 18.0 Å². The third-order valence-corrected chi connectivity index (χ3v) is 1.40. The Kier molecular flexibility index (Phi) is 1.17. The highest BCUT2D eigenvalue weighted by molar-refractivity contribution is 9.10. The highest BCUT2D eigenvalue weighted by atomic mass is 79.9. The molecule has 5 heteroatoms. The van der Waals surface area contributed by atoms with Gasteiger partial charge in [-0.1, -0.05) is 0 Å². The Bertz CT molecular complexity index is 456. The Labute approximate surface area is 82.8 Å². The Morgan fingerprint density at radius 2 is 2.33 bits per heavy atom. The maximum Gasteiger partial charge on any atom is 0.418 e. The molecular weight excluding hydrogens is 235 g/mol. The summed E-state index contributed by atoms with van der Waals surface area (Å²) in [5.41, 5.74) is -2.90. The molecule has 1 aromatic rings. The van der Waals surface area contributed by atoms with Crippen molar-refractivity contribution in [3.05, 3.63) is 27.9 Å². The van der Waals surface area contributed by atoms with Crippen molar-refractivity contribution in [3.63, 3.8) is 0 Å². The zero-order valence-electron chi connectivity index (χ0n) is 10.5. The summed E-state index contributed by atoms with van der Waals surface area (Å²) in [6, 6.07) is -0.881. The zero-order valence-corrected chi connectivity index (χ0v) is 7.05. The lowest BCUT2D eigenvalue weighted by Gasteiger charge is -2.08. The van der Waals surface area contributed by atoms with Gasteiger partial charge < -0.3 is 0 Å². The van der Waals surface area contributed by atoms with E-state index < -0.39 is 41.0 Å². The van der Waals surface area contributed by atoms with Gasteiger partial charge in [0.25, 0.3) is 0 Å². The second-order valence-electron chi connectivity index (χ2n) is 1.89. The molecule has 0 atom stereocenters. The lowest BCUT2D eigenvalue weighted by atomic mass is 10.1. The molecule has 66 valence electrons. The van der Waals surface area contributed by atoms with Crippen LogP contribution in [0.2, 0.25) is 0 Å². The predicted molar refractivity (Wildman–Crippen MR) is 41.7 cm³/mol. The van der Waals surface area contributed by atoms with Gasteiger partial charge in [0.05, 0.1) is 8.30 Å². The van der Waals surface area contributed by atoms with Crippen LogP contribution in [0.15, 0.2) is 16.8 Å². The van der Waals surface area contributed by atoms with E-state index in [0.29, 0.717) is 0 Å². The molecule has 1 rings (SSSR count). The first kappa shape index (κ1) is 4.60. The van der Waals surface area contributed by atoms with E-state index in [2.05, 4.69) is 20.9 Å². The number of hydrogen-bond donors (Lipinski definition) is 0. The van der Waals surface area contributed by atoms with Gasteiger partial charge in [-0.15, -0.1) is 0 Å². The average molecular weight is 245 g/mol. The van der Waals surface area contributed by atoms with Crippen molar-refractivity contribution in [3.8, 4) is 0 Å².